The maximum atomic E-state index is 12.8. The predicted molar refractivity (Wildman–Crippen MR) is 116 cm³/mol. The fourth-order valence-corrected chi connectivity index (χ4v) is 3.94. The van der Waals surface area contributed by atoms with Crippen LogP contribution in [0.3, 0.4) is 0 Å². The summed E-state index contributed by atoms with van der Waals surface area (Å²) in [4.78, 5) is 31.4. The second kappa shape index (κ2) is 8.89. The van der Waals surface area contributed by atoms with E-state index >= 15 is 0 Å². The third-order valence-electron chi connectivity index (χ3n) is 4.30. The number of amides is 2. The topological polar surface area (TPSA) is 61.8 Å². The van der Waals surface area contributed by atoms with Crippen LogP contribution in [0.5, 0.6) is 0 Å². The molecule has 1 atom stereocenters. The fourth-order valence-electron chi connectivity index (χ4n) is 2.77. The van der Waals surface area contributed by atoms with Crippen molar-refractivity contribution >= 4 is 40.1 Å². The van der Waals surface area contributed by atoms with Crippen LogP contribution < -0.4 is 5.32 Å². The maximum absolute atomic E-state index is 12.8. The van der Waals surface area contributed by atoms with E-state index in [1.807, 2.05) is 62.4 Å². The molecule has 6 heteroatoms. The summed E-state index contributed by atoms with van der Waals surface area (Å²) in [6.45, 7) is 8.09. The molecule has 2 aromatic rings. The Balaban J connectivity index is 1.72. The molecule has 0 radical (unpaired) electrons. The van der Waals surface area contributed by atoms with Crippen molar-refractivity contribution in [2.75, 3.05) is 11.9 Å². The minimum Gasteiger partial charge on any atom is -0.326 e. The molecule has 28 heavy (non-hydrogen) atoms. The van der Waals surface area contributed by atoms with Crippen molar-refractivity contribution < 1.29 is 9.59 Å². The van der Waals surface area contributed by atoms with Crippen molar-refractivity contribution in [1.29, 1.82) is 0 Å². The van der Waals surface area contributed by atoms with Crippen molar-refractivity contribution in [3.05, 3.63) is 72.3 Å². The largest absolute Gasteiger partial charge is 0.326 e. The first-order valence-corrected chi connectivity index (χ1v) is 9.95. The molecule has 1 N–H and O–H groups in total. The number of nitrogens with zero attached hydrogens (tertiary/aromatic N) is 2. The van der Waals surface area contributed by atoms with Gasteiger partial charge in [-0.15, -0.1) is 6.58 Å². The molecule has 0 spiro atoms. The monoisotopic (exact) mass is 393 g/mol. The molecule has 0 aromatic heterocycles. The van der Waals surface area contributed by atoms with Crippen molar-refractivity contribution in [3.63, 3.8) is 0 Å². The number of carbonyl (C=O) groups is 2. The standard InChI is InChI=1S/C22H23N3O2S/c1-4-13-25-21(27)19(14-20(26)23-17-9-5-15(2)6-10-17)28-22(25)24-18-11-7-16(3)8-12-18/h4-12,19H,1,13-14H2,2-3H3,(H,23,26)/t19-/m1/s1. The van der Waals surface area contributed by atoms with E-state index in [0.29, 0.717) is 11.7 Å². The normalized spacial score (nSPS) is 17.8. The third kappa shape index (κ3) is 4.89. The highest BCUT2D eigenvalue weighted by molar-refractivity contribution is 8.15. The van der Waals surface area contributed by atoms with E-state index in [1.165, 1.54) is 11.8 Å². The van der Waals surface area contributed by atoms with Gasteiger partial charge in [-0.3, -0.25) is 14.5 Å². The van der Waals surface area contributed by atoms with Crippen LogP contribution in [0.2, 0.25) is 0 Å². The van der Waals surface area contributed by atoms with Crippen LogP contribution in [0, 0.1) is 13.8 Å². The van der Waals surface area contributed by atoms with Crippen LogP contribution >= 0.6 is 11.8 Å². The first kappa shape index (κ1) is 19.9. The van der Waals surface area contributed by atoms with Crippen molar-refractivity contribution in [2.24, 2.45) is 4.99 Å². The van der Waals surface area contributed by atoms with Gasteiger partial charge in [-0.2, -0.15) is 0 Å². The van der Waals surface area contributed by atoms with Crippen LogP contribution in [0.1, 0.15) is 17.5 Å². The first-order valence-electron chi connectivity index (χ1n) is 9.07. The molecule has 1 aliphatic heterocycles. The zero-order valence-electron chi connectivity index (χ0n) is 16.0. The molecule has 0 saturated carbocycles. The van der Waals surface area contributed by atoms with Gasteiger partial charge in [0.2, 0.25) is 11.8 Å². The molecule has 1 heterocycles. The highest BCUT2D eigenvalue weighted by Crippen LogP contribution is 2.31. The van der Waals surface area contributed by atoms with Gasteiger partial charge in [0.05, 0.1) is 5.69 Å². The summed E-state index contributed by atoms with van der Waals surface area (Å²) < 4.78 is 0. The van der Waals surface area contributed by atoms with E-state index in [-0.39, 0.29) is 18.2 Å². The number of anilines is 1. The smallest absolute Gasteiger partial charge is 0.242 e. The van der Waals surface area contributed by atoms with Crippen LogP contribution in [0.15, 0.2) is 66.2 Å². The molecule has 144 valence electrons. The molecule has 1 saturated heterocycles. The Morgan fingerprint density at radius 1 is 1.14 bits per heavy atom. The number of rotatable bonds is 6. The Labute approximate surface area is 169 Å². The van der Waals surface area contributed by atoms with E-state index in [4.69, 9.17) is 0 Å². The highest BCUT2D eigenvalue weighted by atomic mass is 32.2. The average molecular weight is 394 g/mol. The van der Waals surface area contributed by atoms with Gasteiger partial charge in [-0.1, -0.05) is 53.2 Å². The Hall–Kier alpha value is -2.86. The molecule has 0 aliphatic carbocycles. The van der Waals surface area contributed by atoms with Crippen LogP contribution in [-0.4, -0.2) is 33.7 Å². The number of carbonyl (C=O) groups excluding carboxylic acids is 2. The van der Waals surface area contributed by atoms with Crippen molar-refractivity contribution in [2.45, 2.75) is 25.5 Å². The molecular weight excluding hydrogens is 370 g/mol. The SMILES string of the molecule is C=CCN1C(=O)[C@@H](CC(=O)Nc2ccc(C)cc2)SC1=Nc1ccc(C)cc1. The summed E-state index contributed by atoms with van der Waals surface area (Å²) in [5.41, 5.74) is 3.77. The summed E-state index contributed by atoms with van der Waals surface area (Å²) in [7, 11) is 0. The Morgan fingerprint density at radius 2 is 1.75 bits per heavy atom. The van der Waals surface area contributed by atoms with Gasteiger partial charge in [0.1, 0.15) is 5.25 Å². The number of aryl methyl sites for hydroxylation is 2. The molecule has 2 amide bonds. The lowest BCUT2D eigenvalue weighted by Crippen LogP contribution is -2.33. The van der Waals surface area contributed by atoms with Gasteiger partial charge < -0.3 is 5.32 Å². The number of benzene rings is 2. The van der Waals surface area contributed by atoms with Crippen LogP contribution in [0.25, 0.3) is 0 Å². The number of nitrogens with one attached hydrogen (secondary N) is 1. The zero-order valence-corrected chi connectivity index (χ0v) is 16.8. The number of hydrogen-bond acceptors (Lipinski definition) is 4. The lowest BCUT2D eigenvalue weighted by molar-refractivity contribution is -0.127. The van der Waals surface area contributed by atoms with E-state index in [0.717, 1.165) is 22.5 Å². The number of thioether (sulfide) groups is 1. The quantitative estimate of drug-likeness (QED) is 0.738. The van der Waals surface area contributed by atoms with Gasteiger partial charge in [0, 0.05) is 18.7 Å². The summed E-state index contributed by atoms with van der Waals surface area (Å²) in [6, 6.07) is 15.4. The summed E-state index contributed by atoms with van der Waals surface area (Å²) in [6.07, 6.45) is 1.76. The molecule has 0 unspecified atom stereocenters. The second-order valence-electron chi connectivity index (χ2n) is 6.69. The van der Waals surface area contributed by atoms with Crippen molar-refractivity contribution in [3.8, 4) is 0 Å². The van der Waals surface area contributed by atoms with E-state index in [1.54, 1.807) is 11.0 Å². The minimum atomic E-state index is -0.491. The molecule has 5 nitrogen and oxygen atoms in total. The summed E-state index contributed by atoms with van der Waals surface area (Å²) in [5.74, 6) is -0.306. The maximum Gasteiger partial charge on any atom is 0.242 e. The molecule has 3 rings (SSSR count). The van der Waals surface area contributed by atoms with Crippen molar-refractivity contribution in [1.82, 2.24) is 4.90 Å². The number of aliphatic imine (C=N–C) groups is 1. The average Bonchev–Trinajstić information content (AvgIpc) is 2.94. The molecule has 1 fully saturated rings. The molecule has 0 bridgehead atoms. The Morgan fingerprint density at radius 3 is 2.36 bits per heavy atom. The first-order chi connectivity index (χ1) is 13.5. The van der Waals surface area contributed by atoms with E-state index in [9.17, 15) is 9.59 Å². The van der Waals surface area contributed by atoms with E-state index < -0.39 is 5.25 Å². The number of hydrogen-bond donors (Lipinski definition) is 1. The minimum absolute atomic E-state index is 0.0952. The lowest BCUT2D eigenvalue weighted by Gasteiger charge is -2.13. The lowest BCUT2D eigenvalue weighted by atomic mass is 10.2. The second-order valence-corrected chi connectivity index (χ2v) is 7.86. The zero-order chi connectivity index (χ0) is 20.1. The van der Waals surface area contributed by atoms with Gasteiger partial charge in [0.15, 0.2) is 5.17 Å². The number of amidine groups is 1. The Kier molecular flexibility index (Phi) is 6.31. The van der Waals surface area contributed by atoms with Gasteiger partial charge in [-0.25, -0.2) is 4.99 Å². The summed E-state index contributed by atoms with van der Waals surface area (Å²) >= 11 is 1.32. The predicted octanol–water partition coefficient (Wildman–Crippen LogP) is 4.45. The highest BCUT2D eigenvalue weighted by Gasteiger charge is 2.38. The van der Waals surface area contributed by atoms with E-state index in [2.05, 4.69) is 16.9 Å². The molecular formula is C22H23N3O2S. The van der Waals surface area contributed by atoms with Gasteiger partial charge >= 0.3 is 0 Å². The van der Waals surface area contributed by atoms with Crippen LogP contribution in [-0.2, 0) is 9.59 Å². The molecule has 1 aliphatic rings. The van der Waals surface area contributed by atoms with Gasteiger partial charge in [-0.05, 0) is 38.1 Å². The third-order valence-corrected chi connectivity index (χ3v) is 5.47. The van der Waals surface area contributed by atoms with Crippen LogP contribution in [0.4, 0.5) is 11.4 Å². The fraction of sp³-hybridized carbons (Fsp3) is 0.227. The molecule has 2 aromatic carbocycles. The Bertz CT molecular complexity index is 904. The summed E-state index contributed by atoms with van der Waals surface area (Å²) in [5, 5.41) is 2.96. The van der Waals surface area contributed by atoms with Gasteiger partial charge in [0.25, 0.3) is 0 Å².